The summed E-state index contributed by atoms with van der Waals surface area (Å²) in [5, 5.41) is 10.2. The molecule has 0 bridgehead atoms. The van der Waals surface area contributed by atoms with E-state index in [4.69, 9.17) is 0 Å². The average Bonchev–Trinajstić information content (AvgIpc) is 3.69. The fourth-order valence-electron chi connectivity index (χ4n) is 9.30. The van der Waals surface area contributed by atoms with Gasteiger partial charge in [-0.25, -0.2) is 0 Å². The maximum atomic E-state index is 2.55. The monoisotopic (exact) mass is 699 g/mol. The van der Waals surface area contributed by atoms with E-state index in [-0.39, 0.29) is 0 Å². The van der Waals surface area contributed by atoms with E-state index in [1.54, 1.807) is 0 Å². The van der Waals surface area contributed by atoms with Crippen molar-refractivity contribution in [3.05, 3.63) is 206 Å². The predicted molar refractivity (Wildman–Crippen MR) is 235 cm³/mol. The van der Waals surface area contributed by atoms with Crippen molar-refractivity contribution in [2.75, 3.05) is 11.4 Å². The van der Waals surface area contributed by atoms with Gasteiger partial charge in [-0.3, -0.25) is 0 Å². The molecule has 1 aliphatic rings. The molecule has 1 nitrogen and oxygen atoms in total. The molecule has 0 aliphatic carbocycles. The maximum absolute atomic E-state index is 2.55. The van der Waals surface area contributed by atoms with Gasteiger partial charge in [0.05, 0.1) is 5.69 Å². The minimum Gasteiger partial charge on any atom is -0.340 e. The SMILES string of the molecule is c1ccc(-c2ccc3c(-c4ccc(-c5c6ccccc6c(N6CCc7ccccc76)c6ccccc56)cc4)c4ccccc4c(-c4ccccc4)c3c2)cc1. The van der Waals surface area contributed by atoms with Crippen LogP contribution in [-0.2, 0) is 6.42 Å². The summed E-state index contributed by atoms with van der Waals surface area (Å²) in [5.41, 5.74) is 14.0. The Bertz CT molecular complexity index is 3010. The molecule has 1 aliphatic heterocycles. The lowest BCUT2D eigenvalue weighted by molar-refractivity contribution is 1.01. The molecular formula is C54H37N. The lowest BCUT2D eigenvalue weighted by Crippen LogP contribution is -2.14. The highest BCUT2D eigenvalue weighted by molar-refractivity contribution is 6.23. The molecule has 0 unspecified atom stereocenters. The van der Waals surface area contributed by atoms with E-state index in [1.165, 1.54) is 105 Å². The molecule has 258 valence electrons. The van der Waals surface area contributed by atoms with Crippen LogP contribution >= 0.6 is 0 Å². The number of nitrogens with zero attached hydrogens (tertiary/aromatic N) is 1. The number of hydrogen-bond donors (Lipinski definition) is 0. The van der Waals surface area contributed by atoms with Gasteiger partial charge in [-0.05, 0) is 101 Å². The number of benzene rings is 10. The number of rotatable bonds is 5. The highest BCUT2D eigenvalue weighted by Gasteiger charge is 2.25. The van der Waals surface area contributed by atoms with Crippen molar-refractivity contribution in [3.63, 3.8) is 0 Å². The molecule has 1 heterocycles. The summed E-state index contributed by atoms with van der Waals surface area (Å²) >= 11 is 0. The molecule has 10 aromatic carbocycles. The van der Waals surface area contributed by atoms with Crippen LogP contribution in [0.4, 0.5) is 11.4 Å². The van der Waals surface area contributed by atoms with E-state index >= 15 is 0 Å². The van der Waals surface area contributed by atoms with Crippen molar-refractivity contribution in [3.8, 4) is 44.5 Å². The molecule has 1 heteroatoms. The fraction of sp³-hybridized carbons (Fsp3) is 0.0370. The van der Waals surface area contributed by atoms with Crippen molar-refractivity contribution in [1.82, 2.24) is 0 Å². The Balaban J connectivity index is 1.13. The van der Waals surface area contributed by atoms with Crippen molar-refractivity contribution in [2.24, 2.45) is 0 Å². The topological polar surface area (TPSA) is 3.24 Å². The minimum atomic E-state index is 0.985. The van der Waals surface area contributed by atoms with E-state index < -0.39 is 0 Å². The van der Waals surface area contributed by atoms with Crippen LogP contribution in [0.2, 0.25) is 0 Å². The Morgan fingerprint density at radius 2 is 0.691 bits per heavy atom. The van der Waals surface area contributed by atoms with Crippen molar-refractivity contribution in [2.45, 2.75) is 6.42 Å². The van der Waals surface area contributed by atoms with Crippen LogP contribution in [0.3, 0.4) is 0 Å². The Labute approximate surface area is 321 Å². The molecule has 0 N–H and O–H groups in total. The molecule has 11 rings (SSSR count). The molecule has 0 saturated carbocycles. The Morgan fingerprint density at radius 1 is 0.291 bits per heavy atom. The average molecular weight is 700 g/mol. The minimum absolute atomic E-state index is 0.985. The molecule has 0 atom stereocenters. The molecule has 0 amide bonds. The summed E-state index contributed by atoms with van der Waals surface area (Å²) < 4.78 is 0. The van der Waals surface area contributed by atoms with Gasteiger partial charge in [0.15, 0.2) is 0 Å². The zero-order chi connectivity index (χ0) is 36.3. The van der Waals surface area contributed by atoms with Crippen LogP contribution in [0.15, 0.2) is 200 Å². The van der Waals surface area contributed by atoms with Gasteiger partial charge < -0.3 is 4.90 Å². The Hall–Kier alpha value is -6.96. The predicted octanol–water partition coefficient (Wildman–Crippen LogP) is 14.7. The van der Waals surface area contributed by atoms with Gasteiger partial charge in [0.1, 0.15) is 0 Å². The summed E-state index contributed by atoms with van der Waals surface area (Å²) in [5.74, 6) is 0. The van der Waals surface area contributed by atoms with Crippen LogP contribution in [0, 0.1) is 0 Å². The first-order chi connectivity index (χ1) is 27.3. The van der Waals surface area contributed by atoms with Gasteiger partial charge in [-0.15, -0.1) is 0 Å². The Morgan fingerprint density at radius 3 is 1.27 bits per heavy atom. The molecule has 0 fully saturated rings. The number of hydrogen-bond acceptors (Lipinski definition) is 1. The van der Waals surface area contributed by atoms with Gasteiger partial charge in [0, 0.05) is 23.0 Å². The van der Waals surface area contributed by atoms with E-state index in [0.717, 1.165) is 13.0 Å². The van der Waals surface area contributed by atoms with E-state index in [2.05, 4.69) is 205 Å². The van der Waals surface area contributed by atoms with Crippen molar-refractivity contribution < 1.29 is 0 Å². The smallest absolute Gasteiger partial charge is 0.0570 e. The number of anilines is 2. The zero-order valence-electron chi connectivity index (χ0n) is 30.4. The number of para-hydroxylation sites is 1. The quantitative estimate of drug-likeness (QED) is 0.162. The van der Waals surface area contributed by atoms with Gasteiger partial charge >= 0.3 is 0 Å². The normalized spacial score (nSPS) is 12.5. The molecular weight excluding hydrogens is 663 g/mol. The summed E-state index contributed by atoms with van der Waals surface area (Å²) in [7, 11) is 0. The second-order valence-electron chi connectivity index (χ2n) is 14.7. The van der Waals surface area contributed by atoms with Crippen molar-refractivity contribution in [1.29, 1.82) is 0 Å². The largest absolute Gasteiger partial charge is 0.340 e. The fourth-order valence-corrected chi connectivity index (χ4v) is 9.30. The molecule has 0 aromatic heterocycles. The second-order valence-corrected chi connectivity index (χ2v) is 14.7. The van der Waals surface area contributed by atoms with Crippen molar-refractivity contribution >= 4 is 54.5 Å². The van der Waals surface area contributed by atoms with Crippen LogP contribution in [0.25, 0.3) is 87.6 Å². The Kier molecular flexibility index (Phi) is 7.38. The van der Waals surface area contributed by atoms with E-state index in [1.807, 2.05) is 0 Å². The third-order valence-corrected chi connectivity index (χ3v) is 11.7. The van der Waals surface area contributed by atoms with E-state index in [0.29, 0.717) is 0 Å². The summed E-state index contributed by atoms with van der Waals surface area (Å²) in [6.07, 6.45) is 1.06. The van der Waals surface area contributed by atoms with Crippen LogP contribution in [0.1, 0.15) is 5.56 Å². The lowest BCUT2D eigenvalue weighted by Gasteiger charge is -2.26. The van der Waals surface area contributed by atoms with Crippen LogP contribution in [-0.4, -0.2) is 6.54 Å². The third-order valence-electron chi connectivity index (χ3n) is 11.7. The van der Waals surface area contributed by atoms with Gasteiger partial charge in [0.2, 0.25) is 0 Å². The van der Waals surface area contributed by atoms with Gasteiger partial charge in [0.25, 0.3) is 0 Å². The molecule has 0 spiro atoms. The first-order valence-corrected chi connectivity index (χ1v) is 19.3. The standard InChI is InChI=1S/C54H37N/c1-3-15-36(16-4-1)41-31-32-46-49(35-41)53(38-18-5-2-6-19-38)43-21-9-8-20-42(43)51(46)39-27-29-40(30-28-39)52-44-22-10-12-24-47(44)54(48-25-13-11-23-45(48)52)55-34-33-37-17-7-14-26-50(37)55/h1-32,35H,33-34H2. The first-order valence-electron chi connectivity index (χ1n) is 19.3. The summed E-state index contributed by atoms with van der Waals surface area (Å²) in [6.45, 7) is 0.985. The second kappa shape index (κ2) is 12.9. The highest BCUT2D eigenvalue weighted by Crippen LogP contribution is 2.49. The third kappa shape index (κ3) is 5.08. The molecule has 10 aromatic rings. The zero-order valence-corrected chi connectivity index (χ0v) is 30.4. The first kappa shape index (κ1) is 31.6. The molecule has 0 radical (unpaired) electrons. The van der Waals surface area contributed by atoms with Gasteiger partial charge in [-0.1, -0.05) is 188 Å². The van der Waals surface area contributed by atoms with Crippen LogP contribution < -0.4 is 4.90 Å². The van der Waals surface area contributed by atoms with Crippen LogP contribution in [0.5, 0.6) is 0 Å². The van der Waals surface area contributed by atoms with Gasteiger partial charge in [-0.2, -0.15) is 0 Å². The summed E-state index contributed by atoms with van der Waals surface area (Å²) in [6, 6.07) is 73.9. The highest BCUT2D eigenvalue weighted by atomic mass is 15.2. The number of fused-ring (bicyclic) bond motifs is 5. The molecule has 55 heavy (non-hydrogen) atoms. The molecule has 0 saturated heterocycles. The maximum Gasteiger partial charge on any atom is 0.0570 e. The summed E-state index contributed by atoms with van der Waals surface area (Å²) in [4.78, 5) is 2.55. The van der Waals surface area contributed by atoms with E-state index in [9.17, 15) is 0 Å². The lowest BCUT2D eigenvalue weighted by atomic mass is 9.84.